The van der Waals surface area contributed by atoms with Crippen LogP contribution in [0.2, 0.25) is 0 Å². The van der Waals surface area contributed by atoms with Crippen LogP contribution in [0.15, 0.2) is 18.5 Å². The van der Waals surface area contributed by atoms with Crippen molar-refractivity contribution >= 4 is 17.7 Å². The summed E-state index contributed by atoms with van der Waals surface area (Å²) in [7, 11) is 0. The van der Waals surface area contributed by atoms with E-state index >= 15 is 0 Å². The molecule has 1 aromatic rings. The molecule has 2 fully saturated rings. The summed E-state index contributed by atoms with van der Waals surface area (Å²) in [6.45, 7) is 8.18. The lowest BCUT2D eigenvalue weighted by atomic mass is 9.85. The molecule has 8 nitrogen and oxygen atoms in total. The first-order valence-corrected chi connectivity index (χ1v) is 11.6. The molecular weight excluding hydrogens is 394 g/mol. The first-order valence-electron chi connectivity index (χ1n) is 11.6. The van der Waals surface area contributed by atoms with E-state index in [9.17, 15) is 14.4 Å². The van der Waals surface area contributed by atoms with Gasteiger partial charge in [-0.05, 0) is 44.9 Å². The van der Waals surface area contributed by atoms with Crippen LogP contribution in [-0.4, -0.2) is 61.4 Å². The van der Waals surface area contributed by atoms with Crippen LogP contribution in [-0.2, 0) is 20.9 Å². The third-order valence-corrected chi connectivity index (χ3v) is 6.99. The van der Waals surface area contributed by atoms with Crippen LogP contribution >= 0.6 is 0 Å². The fraction of sp³-hybridized carbons (Fsp3) is 0.696. The largest absolute Gasteiger partial charge is 0.341 e. The summed E-state index contributed by atoms with van der Waals surface area (Å²) < 4.78 is 2.06. The number of aryl methyl sites for hydroxylation is 1. The van der Waals surface area contributed by atoms with Crippen molar-refractivity contribution in [1.29, 1.82) is 0 Å². The molecule has 2 saturated heterocycles. The summed E-state index contributed by atoms with van der Waals surface area (Å²) in [5.74, 6) is 0.452. The van der Waals surface area contributed by atoms with Gasteiger partial charge in [0.1, 0.15) is 18.2 Å². The van der Waals surface area contributed by atoms with E-state index in [2.05, 4.69) is 21.7 Å². The van der Waals surface area contributed by atoms with Gasteiger partial charge >= 0.3 is 0 Å². The quantitative estimate of drug-likeness (QED) is 0.514. The predicted octanol–water partition coefficient (Wildman–Crippen LogP) is 2.37. The minimum atomic E-state index is -0.693. The van der Waals surface area contributed by atoms with Gasteiger partial charge in [-0.1, -0.05) is 26.0 Å². The first kappa shape index (κ1) is 21.7. The van der Waals surface area contributed by atoms with E-state index in [0.29, 0.717) is 32.4 Å². The molecule has 4 rings (SSSR count). The summed E-state index contributed by atoms with van der Waals surface area (Å²) in [4.78, 5) is 43.0. The highest BCUT2D eigenvalue weighted by Crippen LogP contribution is 2.38. The number of likely N-dealkylation sites (tertiary alicyclic amines) is 2. The minimum absolute atomic E-state index is 0.0857. The topological polar surface area (TPSA) is 88.4 Å². The molecule has 1 aromatic heterocycles. The predicted molar refractivity (Wildman–Crippen MR) is 115 cm³/mol. The van der Waals surface area contributed by atoms with Crippen LogP contribution in [0.25, 0.3) is 0 Å². The van der Waals surface area contributed by atoms with E-state index in [1.165, 1.54) is 4.90 Å². The van der Waals surface area contributed by atoms with Crippen molar-refractivity contribution in [2.75, 3.05) is 13.1 Å². The molecule has 0 saturated carbocycles. The van der Waals surface area contributed by atoms with Crippen LogP contribution in [0.4, 0.5) is 0 Å². The molecule has 3 amide bonds. The Morgan fingerprint density at radius 1 is 1.10 bits per heavy atom. The average molecular weight is 428 g/mol. The zero-order chi connectivity index (χ0) is 22.1. The third kappa shape index (κ3) is 4.04. The number of rotatable bonds is 6. The summed E-state index contributed by atoms with van der Waals surface area (Å²) in [6, 6.07) is -0.693. The van der Waals surface area contributed by atoms with Gasteiger partial charge in [0, 0.05) is 25.6 Å². The lowest BCUT2D eigenvalue weighted by Gasteiger charge is -2.36. The first-order chi connectivity index (χ1) is 14.9. The average Bonchev–Trinajstić information content (AvgIpc) is 3.35. The van der Waals surface area contributed by atoms with Gasteiger partial charge in [-0.3, -0.25) is 19.3 Å². The van der Waals surface area contributed by atoms with Crippen molar-refractivity contribution in [2.45, 2.75) is 71.4 Å². The van der Waals surface area contributed by atoms with Crippen molar-refractivity contribution in [3.05, 3.63) is 24.3 Å². The fourth-order valence-corrected chi connectivity index (χ4v) is 5.29. The van der Waals surface area contributed by atoms with Gasteiger partial charge in [-0.15, -0.1) is 10.2 Å². The molecule has 3 unspecified atom stereocenters. The second-order valence-electron chi connectivity index (χ2n) is 9.42. The third-order valence-electron chi connectivity index (χ3n) is 6.99. The maximum absolute atomic E-state index is 13.6. The molecule has 0 spiro atoms. The van der Waals surface area contributed by atoms with Gasteiger partial charge in [-0.25, -0.2) is 0 Å². The normalized spacial score (nSPS) is 25.4. The molecule has 168 valence electrons. The van der Waals surface area contributed by atoms with E-state index in [4.69, 9.17) is 0 Å². The van der Waals surface area contributed by atoms with Crippen LogP contribution in [0, 0.1) is 17.8 Å². The van der Waals surface area contributed by atoms with E-state index in [-0.39, 0.29) is 41.4 Å². The summed E-state index contributed by atoms with van der Waals surface area (Å²) in [5.41, 5.74) is 0. The highest BCUT2D eigenvalue weighted by molar-refractivity contribution is 6.08. The van der Waals surface area contributed by atoms with Crippen molar-refractivity contribution in [1.82, 2.24) is 24.6 Å². The number of carbonyl (C=O) groups excluding carboxylic acids is 3. The highest BCUT2D eigenvalue weighted by atomic mass is 16.2. The van der Waals surface area contributed by atoms with Crippen LogP contribution in [0.5, 0.6) is 0 Å². The molecule has 0 N–H and O–H groups in total. The van der Waals surface area contributed by atoms with Gasteiger partial charge in [0.25, 0.3) is 0 Å². The number of amides is 3. The molecule has 2 aliphatic heterocycles. The standard InChI is InChI=1S/C23H33N5O3/c1-4-26-14-24-25-20(26)16-9-11-27(12-10-16)23(31)19(13-15(2)3)28-21(29)17-7-5-6-8-18(17)22(28)30/h5-6,14-19H,4,7-13H2,1-3H3. The Hall–Kier alpha value is -2.51. The van der Waals surface area contributed by atoms with Crippen molar-refractivity contribution in [3.63, 3.8) is 0 Å². The minimum Gasteiger partial charge on any atom is -0.341 e. The van der Waals surface area contributed by atoms with Crippen molar-refractivity contribution in [2.24, 2.45) is 17.8 Å². The molecule has 0 bridgehead atoms. The van der Waals surface area contributed by atoms with Crippen molar-refractivity contribution < 1.29 is 14.4 Å². The Bertz CT molecular complexity index is 842. The zero-order valence-corrected chi connectivity index (χ0v) is 18.7. The Kier molecular flexibility index (Phi) is 6.25. The summed E-state index contributed by atoms with van der Waals surface area (Å²) in [5, 5.41) is 8.32. The Balaban J connectivity index is 1.48. The van der Waals surface area contributed by atoms with Gasteiger partial charge < -0.3 is 9.47 Å². The smallest absolute Gasteiger partial charge is 0.245 e. The second kappa shape index (κ2) is 8.93. The van der Waals surface area contributed by atoms with Gasteiger partial charge in [-0.2, -0.15) is 0 Å². The molecule has 1 aliphatic carbocycles. The molecule has 31 heavy (non-hydrogen) atoms. The maximum Gasteiger partial charge on any atom is 0.245 e. The number of allylic oxidation sites excluding steroid dienone is 2. The molecule has 3 aliphatic rings. The van der Waals surface area contributed by atoms with Gasteiger partial charge in [0.05, 0.1) is 11.8 Å². The molecule has 3 heterocycles. The Morgan fingerprint density at radius 3 is 2.26 bits per heavy atom. The SMILES string of the molecule is CCn1cnnc1C1CCN(C(=O)C(CC(C)C)N2C(=O)C3CC=CCC3C2=O)CC1. The summed E-state index contributed by atoms with van der Waals surface area (Å²) >= 11 is 0. The molecule has 0 aromatic carbocycles. The lowest BCUT2D eigenvalue weighted by Crippen LogP contribution is -2.53. The maximum atomic E-state index is 13.6. The Labute approximate surface area is 183 Å². The van der Waals surface area contributed by atoms with E-state index < -0.39 is 6.04 Å². The number of carbonyl (C=O) groups is 3. The highest BCUT2D eigenvalue weighted by Gasteiger charge is 2.51. The van der Waals surface area contributed by atoms with Gasteiger partial charge in [0.15, 0.2) is 0 Å². The van der Waals surface area contributed by atoms with Crippen LogP contribution in [0.3, 0.4) is 0 Å². The number of piperidine rings is 1. The van der Waals surface area contributed by atoms with E-state index in [1.54, 1.807) is 6.33 Å². The number of nitrogens with zero attached hydrogens (tertiary/aromatic N) is 5. The van der Waals surface area contributed by atoms with Crippen molar-refractivity contribution in [3.8, 4) is 0 Å². The fourth-order valence-electron chi connectivity index (χ4n) is 5.29. The van der Waals surface area contributed by atoms with Gasteiger partial charge in [0.2, 0.25) is 17.7 Å². The number of hydrogen-bond acceptors (Lipinski definition) is 5. The summed E-state index contributed by atoms with van der Waals surface area (Å²) in [6.07, 6.45) is 9.04. The zero-order valence-electron chi connectivity index (χ0n) is 18.7. The van der Waals surface area contributed by atoms with E-state index in [0.717, 1.165) is 25.2 Å². The molecular formula is C23H33N5O3. The number of imide groups is 1. The molecule has 3 atom stereocenters. The monoisotopic (exact) mass is 427 g/mol. The molecule has 8 heteroatoms. The number of hydrogen-bond donors (Lipinski definition) is 0. The number of aromatic nitrogens is 3. The lowest BCUT2D eigenvalue weighted by molar-refractivity contribution is -0.152. The second-order valence-corrected chi connectivity index (χ2v) is 9.42. The molecule has 0 radical (unpaired) electrons. The Morgan fingerprint density at radius 2 is 1.71 bits per heavy atom. The van der Waals surface area contributed by atoms with E-state index in [1.807, 2.05) is 30.9 Å². The van der Waals surface area contributed by atoms with Crippen LogP contribution in [0.1, 0.15) is 64.6 Å². The number of fused-ring (bicyclic) bond motifs is 1. The van der Waals surface area contributed by atoms with Crippen LogP contribution < -0.4 is 0 Å².